The van der Waals surface area contributed by atoms with Gasteiger partial charge in [0.2, 0.25) is 5.88 Å². The number of benzene rings is 1. The Morgan fingerprint density at radius 3 is 2.72 bits per heavy atom. The number of hydrogen-bond acceptors (Lipinski definition) is 7. The standard InChI is InChI=1S/C18H19NO6/c1-21-10-24-16-8-11-4-5-13-14(6-7-17(19-13)22-2)25-15(11)9-12(16)18(20)23-3/h6-9H,4-5,10H2,1-3H3. The summed E-state index contributed by atoms with van der Waals surface area (Å²) in [7, 11) is 4.41. The lowest BCUT2D eigenvalue weighted by molar-refractivity contribution is 0.0464. The van der Waals surface area contributed by atoms with E-state index < -0.39 is 5.97 Å². The predicted octanol–water partition coefficient (Wildman–Crippen LogP) is 2.75. The molecule has 2 aromatic rings. The highest BCUT2D eigenvalue weighted by molar-refractivity contribution is 5.93. The van der Waals surface area contributed by atoms with Crippen molar-refractivity contribution in [1.29, 1.82) is 0 Å². The molecule has 7 heteroatoms. The minimum atomic E-state index is -0.505. The lowest BCUT2D eigenvalue weighted by atomic mass is 10.0. The van der Waals surface area contributed by atoms with Crippen LogP contribution in [0.25, 0.3) is 0 Å². The van der Waals surface area contributed by atoms with E-state index in [1.807, 2.05) is 6.07 Å². The van der Waals surface area contributed by atoms with Crippen LogP contribution in [0.3, 0.4) is 0 Å². The Balaban J connectivity index is 2.01. The van der Waals surface area contributed by atoms with Crippen molar-refractivity contribution in [1.82, 2.24) is 4.98 Å². The molecule has 0 radical (unpaired) electrons. The number of carbonyl (C=O) groups excluding carboxylic acids is 1. The summed E-state index contributed by atoms with van der Waals surface area (Å²) in [5, 5.41) is 0. The minimum Gasteiger partial charge on any atom is -0.481 e. The van der Waals surface area contributed by atoms with Gasteiger partial charge in [-0.2, -0.15) is 0 Å². The first-order valence-corrected chi connectivity index (χ1v) is 7.75. The van der Waals surface area contributed by atoms with Crippen LogP contribution in [0.2, 0.25) is 0 Å². The highest BCUT2D eigenvalue weighted by Gasteiger charge is 2.22. The Bertz CT molecular complexity index is 789. The average Bonchev–Trinajstić information content (AvgIpc) is 2.82. The minimum absolute atomic E-state index is 0.0304. The second-order valence-electron chi connectivity index (χ2n) is 5.40. The molecule has 0 bridgehead atoms. The van der Waals surface area contributed by atoms with Gasteiger partial charge >= 0.3 is 5.97 Å². The molecule has 0 spiro atoms. The van der Waals surface area contributed by atoms with Crippen LogP contribution in [-0.2, 0) is 22.3 Å². The molecule has 132 valence electrons. The SMILES string of the molecule is COCOc1cc2c(cc1C(=O)OC)Oc1ccc(OC)nc1CC2. The van der Waals surface area contributed by atoms with Gasteiger partial charge in [0.05, 0.1) is 19.9 Å². The first-order chi connectivity index (χ1) is 12.2. The monoisotopic (exact) mass is 345 g/mol. The first kappa shape index (κ1) is 17.0. The summed E-state index contributed by atoms with van der Waals surface area (Å²) in [4.78, 5) is 16.5. The summed E-state index contributed by atoms with van der Waals surface area (Å²) >= 11 is 0. The van der Waals surface area contributed by atoms with Gasteiger partial charge in [-0.25, -0.2) is 9.78 Å². The van der Waals surface area contributed by atoms with Crippen LogP contribution in [0, 0.1) is 0 Å². The van der Waals surface area contributed by atoms with E-state index >= 15 is 0 Å². The molecule has 1 aliphatic heterocycles. The number of fused-ring (bicyclic) bond motifs is 2. The van der Waals surface area contributed by atoms with Crippen LogP contribution in [0.1, 0.15) is 21.6 Å². The summed E-state index contributed by atoms with van der Waals surface area (Å²) in [5.41, 5.74) is 1.99. The van der Waals surface area contributed by atoms with Gasteiger partial charge in [0.25, 0.3) is 0 Å². The third-order valence-electron chi connectivity index (χ3n) is 3.87. The Kier molecular flexibility index (Phi) is 5.04. The highest BCUT2D eigenvalue weighted by atomic mass is 16.7. The van der Waals surface area contributed by atoms with Gasteiger partial charge in [-0.1, -0.05) is 0 Å². The molecule has 7 nitrogen and oxygen atoms in total. The maximum Gasteiger partial charge on any atom is 0.341 e. The third-order valence-corrected chi connectivity index (χ3v) is 3.87. The topological polar surface area (TPSA) is 76.1 Å². The number of rotatable bonds is 5. The summed E-state index contributed by atoms with van der Waals surface area (Å²) in [6, 6.07) is 6.96. The number of methoxy groups -OCH3 is 3. The van der Waals surface area contributed by atoms with E-state index in [0.29, 0.717) is 36.0 Å². The van der Waals surface area contributed by atoms with Gasteiger partial charge in [-0.05, 0) is 36.6 Å². The molecule has 3 rings (SSSR count). The van der Waals surface area contributed by atoms with Crippen molar-refractivity contribution in [2.75, 3.05) is 28.1 Å². The molecular weight excluding hydrogens is 326 g/mol. The average molecular weight is 345 g/mol. The molecule has 0 saturated carbocycles. The number of carbonyl (C=O) groups is 1. The molecule has 1 aromatic heterocycles. The van der Waals surface area contributed by atoms with E-state index in [4.69, 9.17) is 23.7 Å². The largest absolute Gasteiger partial charge is 0.481 e. The highest BCUT2D eigenvalue weighted by Crippen LogP contribution is 2.37. The molecule has 2 heterocycles. The second kappa shape index (κ2) is 7.40. The molecule has 1 aromatic carbocycles. The van der Waals surface area contributed by atoms with Gasteiger partial charge in [0.1, 0.15) is 22.8 Å². The zero-order chi connectivity index (χ0) is 17.8. The van der Waals surface area contributed by atoms with Crippen LogP contribution < -0.4 is 14.2 Å². The molecule has 0 saturated heterocycles. The first-order valence-electron chi connectivity index (χ1n) is 7.75. The second-order valence-corrected chi connectivity index (χ2v) is 5.40. The van der Waals surface area contributed by atoms with E-state index in [0.717, 1.165) is 11.3 Å². The molecule has 0 fully saturated rings. The lowest BCUT2D eigenvalue weighted by Crippen LogP contribution is -2.09. The quantitative estimate of drug-likeness (QED) is 0.609. The van der Waals surface area contributed by atoms with Crippen LogP contribution in [0.15, 0.2) is 24.3 Å². The molecule has 0 N–H and O–H groups in total. The smallest absolute Gasteiger partial charge is 0.341 e. The predicted molar refractivity (Wildman–Crippen MR) is 88.6 cm³/mol. The Morgan fingerprint density at radius 2 is 2.00 bits per heavy atom. The van der Waals surface area contributed by atoms with E-state index in [-0.39, 0.29) is 12.4 Å². The Labute approximate surface area is 145 Å². The molecule has 0 unspecified atom stereocenters. The summed E-state index contributed by atoms with van der Waals surface area (Å²) in [5.74, 6) is 1.65. The summed E-state index contributed by atoms with van der Waals surface area (Å²) < 4.78 is 26.4. The van der Waals surface area contributed by atoms with E-state index in [2.05, 4.69) is 4.98 Å². The van der Waals surface area contributed by atoms with Crippen LogP contribution in [0.4, 0.5) is 0 Å². The Hall–Kier alpha value is -2.80. The van der Waals surface area contributed by atoms with Crippen LogP contribution >= 0.6 is 0 Å². The fourth-order valence-corrected chi connectivity index (χ4v) is 2.63. The zero-order valence-electron chi connectivity index (χ0n) is 14.3. The van der Waals surface area contributed by atoms with Crippen molar-refractivity contribution in [2.45, 2.75) is 12.8 Å². The van der Waals surface area contributed by atoms with Gasteiger partial charge < -0.3 is 23.7 Å². The van der Waals surface area contributed by atoms with Gasteiger partial charge in [0.15, 0.2) is 6.79 Å². The van der Waals surface area contributed by atoms with E-state index in [9.17, 15) is 4.79 Å². The molecule has 0 atom stereocenters. The van der Waals surface area contributed by atoms with Crippen molar-refractivity contribution in [3.05, 3.63) is 41.1 Å². The van der Waals surface area contributed by atoms with Gasteiger partial charge in [0, 0.05) is 13.2 Å². The van der Waals surface area contributed by atoms with Crippen molar-refractivity contribution < 1.29 is 28.5 Å². The van der Waals surface area contributed by atoms with Gasteiger partial charge in [-0.15, -0.1) is 0 Å². The molecule has 0 amide bonds. The molecule has 0 aliphatic carbocycles. The zero-order valence-corrected chi connectivity index (χ0v) is 14.3. The molecule has 25 heavy (non-hydrogen) atoms. The lowest BCUT2D eigenvalue weighted by Gasteiger charge is -2.14. The number of aromatic nitrogens is 1. The third kappa shape index (κ3) is 3.51. The number of ether oxygens (including phenoxy) is 5. The number of aryl methyl sites for hydroxylation is 2. The van der Waals surface area contributed by atoms with Crippen LogP contribution in [0.5, 0.6) is 23.1 Å². The maximum absolute atomic E-state index is 12.1. The summed E-state index contributed by atoms with van der Waals surface area (Å²) in [6.07, 6.45) is 1.37. The van der Waals surface area contributed by atoms with Gasteiger partial charge in [-0.3, -0.25) is 0 Å². The van der Waals surface area contributed by atoms with Crippen molar-refractivity contribution in [3.63, 3.8) is 0 Å². The van der Waals surface area contributed by atoms with E-state index in [1.54, 1.807) is 25.3 Å². The van der Waals surface area contributed by atoms with E-state index in [1.165, 1.54) is 14.2 Å². The molecular formula is C18H19NO6. The van der Waals surface area contributed by atoms with Crippen molar-refractivity contribution >= 4 is 5.97 Å². The van der Waals surface area contributed by atoms with Crippen molar-refractivity contribution in [3.8, 4) is 23.1 Å². The fourth-order valence-electron chi connectivity index (χ4n) is 2.63. The number of pyridine rings is 1. The fraction of sp³-hybridized carbons (Fsp3) is 0.333. The normalized spacial score (nSPS) is 12.3. The number of esters is 1. The maximum atomic E-state index is 12.1. The number of hydrogen-bond donors (Lipinski definition) is 0. The molecule has 1 aliphatic rings. The Morgan fingerprint density at radius 1 is 1.16 bits per heavy atom. The number of nitrogens with zero attached hydrogens (tertiary/aromatic N) is 1. The van der Waals surface area contributed by atoms with Crippen LogP contribution in [-0.4, -0.2) is 39.1 Å². The van der Waals surface area contributed by atoms with Crippen molar-refractivity contribution in [2.24, 2.45) is 0 Å². The summed E-state index contributed by atoms with van der Waals surface area (Å²) in [6.45, 7) is 0.0304.